The summed E-state index contributed by atoms with van der Waals surface area (Å²) in [5, 5.41) is 10.5. The zero-order chi connectivity index (χ0) is 16.4. The summed E-state index contributed by atoms with van der Waals surface area (Å²) in [5.74, 6) is 2.16. The van der Waals surface area contributed by atoms with Crippen LogP contribution in [-0.4, -0.2) is 49.0 Å². The van der Waals surface area contributed by atoms with Crippen molar-refractivity contribution in [2.75, 3.05) is 25.9 Å². The van der Waals surface area contributed by atoms with Gasteiger partial charge < -0.3 is 16.0 Å². The lowest BCUT2D eigenvalue weighted by Crippen LogP contribution is -2.47. The Balaban J connectivity index is 2.26. The van der Waals surface area contributed by atoms with Crippen molar-refractivity contribution in [1.82, 2.24) is 16.0 Å². The summed E-state index contributed by atoms with van der Waals surface area (Å²) in [6, 6.07) is 0.509. The van der Waals surface area contributed by atoms with Crippen molar-refractivity contribution in [3.8, 4) is 0 Å². The van der Waals surface area contributed by atoms with E-state index in [-0.39, 0.29) is 11.8 Å². The van der Waals surface area contributed by atoms with Gasteiger partial charge in [0.1, 0.15) is 0 Å². The second kappa shape index (κ2) is 10.8. The number of carbonyl (C=O) groups excluding carboxylic acids is 1. The number of nitrogens with zero attached hydrogens (tertiary/aromatic N) is 1. The van der Waals surface area contributed by atoms with E-state index in [4.69, 9.17) is 0 Å². The summed E-state index contributed by atoms with van der Waals surface area (Å²) in [5.41, 5.74) is 0. The number of amides is 1. The number of aliphatic imine (C=N–C) groups is 1. The molecule has 0 spiro atoms. The maximum atomic E-state index is 11.5. The molecule has 0 bridgehead atoms. The maximum Gasteiger partial charge on any atom is 0.222 e. The van der Waals surface area contributed by atoms with Crippen molar-refractivity contribution in [3.05, 3.63) is 0 Å². The molecule has 1 saturated carbocycles. The molecule has 0 heterocycles. The van der Waals surface area contributed by atoms with Gasteiger partial charge in [0.25, 0.3) is 0 Å². The van der Waals surface area contributed by atoms with Gasteiger partial charge in [0.15, 0.2) is 5.96 Å². The van der Waals surface area contributed by atoms with Crippen LogP contribution >= 0.6 is 11.8 Å². The first-order valence-electron chi connectivity index (χ1n) is 8.43. The fourth-order valence-electron chi connectivity index (χ4n) is 2.62. The second-order valence-electron chi connectivity index (χ2n) is 6.03. The van der Waals surface area contributed by atoms with E-state index in [1.54, 1.807) is 7.05 Å². The van der Waals surface area contributed by atoms with Gasteiger partial charge in [0, 0.05) is 37.3 Å². The molecule has 3 N–H and O–H groups in total. The maximum absolute atomic E-state index is 11.5. The van der Waals surface area contributed by atoms with Crippen LogP contribution in [-0.2, 0) is 4.79 Å². The standard InChI is InChI=1S/C16H32N4OS/c1-5-22-14-8-6-7-13(11-14)20-16(17-4)19-10-9-18-15(21)12(2)3/h12-14H,5-11H2,1-4H3,(H,18,21)(H2,17,19,20). The third-order valence-electron chi connectivity index (χ3n) is 3.83. The van der Waals surface area contributed by atoms with Gasteiger partial charge in [-0.1, -0.05) is 27.2 Å². The van der Waals surface area contributed by atoms with Gasteiger partial charge in [-0.25, -0.2) is 0 Å². The van der Waals surface area contributed by atoms with Crippen LogP contribution in [0.25, 0.3) is 0 Å². The summed E-state index contributed by atoms with van der Waals surface area (Å²) in [7, 11) is 1.79. The van der Waals surface area contributed by atoms with Gasteiger partial charge in [0.05, 0.1) is 0 Å². The molecule has 0 aromatic heterocycles. The van der Waals surface area contributed by atoms with Gasteiger partial charge >= 0.3 is 0 Å². The number of nitrogens with one attached hydrogen (secondary N) is 3. The molecule has 0 saturated heterocycles. The number of rotatable bonds is 7. The normalized spacial score (nSPS) is 22.5. The Morgan fingerprint density at radius 1 is 1.27 bits per heavy atom. The van der Waals surface area contributed by atoms with Crippen LogP contribution in [0.5, 0.6) is 0 Å². The highest BCUT2D eigenvalue weighted by Gasteiger charge is 2.22. The topological polar surface area (TPSA) is 65.5 Å². The average molecular weight is 329 g/mol. The van der Waals surface area contributed by atoms with Gasteiger partial charge in [0.2, 0.25) is 5.91 Å². The Hall–Kier alpha value is -0.910. The Morgan fingerprint density at radius 2 is 2.00 bits per heavy atom. The van der Waals surface area contributed by atoms with Gasteiger partial charge in [-0.05, 0) is 25.0 Å². The van der Waals surface area contributed by atoms with E-state index in [1.807, 2.05) is 13.8 Å². The number of thioether (sulfide) groups is 1. The van der Waals surface area contributed by atoms with Crippen molar-refractivity contribution in [3.63, 3.8) is 0 Å². The molecule has 1 fully saturated rings. The molecule has 0 aliphatic heterocycles. The molecule has 1 amide bonds. The van der Waals surface area contributed by atoms with Crippen LogP contribution in [0.3, 0.4) is 0 Å². The summed E-state index contributed by atoms with van der Waals surface area (Å²) >= 11 is 2.07. The number of guanidine groups is 1. The van der Waals surface area contributed by atoms with E-state index in [0.717, 1.165) is 11.2 Å². The molecule has 0 aromatic carbocycles. The predicted molar refractivity (Wildman–Crippen MR) is 96.5 cm³/mol. The first-order chi connectivity index (χ1) is 10.6. The van der Waals surface area contributed by atoms with Crippen molar-refractivity contribution in [2.45, 2.75) is 57.7 Å². The smallest absolute Gasteiger partial charge is 0.222 e. The molecule has 2 unspecified atom stereocenters. The third kappa shape index (κ3) is 7.38. The van der Waals surface area contributed by atoms with E-state index in [0.29, 0.717) is 19.1 Å². The molecular formula is C16H32N4OS. The molecule has 0 radical (unpaired) electrons. The number of hydrogen-bond acceptors (Lipinski definition) is 3. The zero-order valence-corrected chi connectivity index (χ0v) is 15.3. The molecule has 22 heavy (non-hydrogen) atoms. The highest BCUT2D eigenvalue weighted by Crippen LogP contribution is 2.28. The summed E-state index contributed by atoms with van der Waals surface area (Å²) < 4.78 is 0. The first kappa shape index (κ1) is 19.1. The average Bonchev–Trinajstić information content (AvgIpc) is 2.50. The Labute approximate surface area is 139 Å². The molecule has 2 atom stereocenters. The van der Waals surface area contributed by atoms with Gasteiger partial charge in [-0.15, -0.1) is 0 Å². The van der Waals surface area contributed by atoms with Crippen molar-refractivity contribution in [2.24, 2.45) is 10.9 Å². The molecular weight excluding hydrogens is 296 g/mol. The van der Waals surface area contributed by atoms with E-state index in [2.05, 4.69) is 39.6 Å². The Bertz CT molecular complexity index is 358. The molecule has 5 nitrogen and oxygen atoms in total. The SMILES string of the molecule is CCSC1CCCC(NC(=NC)NCCNC(=O)C(C)C)C1. The third-order valence-corrected chi connectivity index (χ3v) is 5.07. The minimum absolute atomic E-state index is 0.0349. The van der Waals surface area contributed by atoms with Crippen LogP contribution < -0.4 is 16.0 Å². The van der Waals surface area contributed by atoms with Gasteiger partial charge in [-0.3, -0.25) is 9.79 Å². The summed E-state index contributed by atoms with van der Waals surface area (Å²) in [6.45, 7) is 7.34. The fourth-order valence-corrected chi connectivity index (χ4v) is 3.79. The van der Waals surface area contributed by atoms with E-state index >= 15 is 0 Å². The largest absolute Gasteiger partial charge is 0.355 e. The molecule has 6 heteroatoms. The van der Waals surface area contributed by atoms with Crippen molar-refractivity contribution >= 4 is 23.6 Å². The van der Waals surface area contributed by atoms with Crippen LogP contribution in [0.2, 0.25) is 0 Å². The quantitative estimate of drug-likeness (QED) is 0.380. The highest BCUT2D eigenvalue weighted by molar-refractivity contribution is 7.99. The first-order valence-corrected chi connectivity index (χ1v) is 9.48. The summed E-state index contributed by atoms with van der Waals surface area (Å²) in [6.07, 6.45) is 5.05. The van der Waals surface area contributed by atoms with Crippen LogP contribution in [0.15, 0.2) is 4.99 Å². The second-order valence-corrected chi connectivity index (χ2v) is 7.61. The van der Waals surface area contributed by atoms with Crippen LogP contribution in [0, 0.1) is 5.92 Å². The molecule has 1 rings (SSSR count). The number of hydrogen-bond donors (Lipinski definition) is 3. The van der Waals surface area contributed by atoms with Crippen molar-refractivity contribution < 1.29 is 4.79 Å². The zero-order valence-electron chi connectivity index (χ0n) is 14.4. The van der Waals surface area contributed by atoms with E-state index in [9.17, 15) is 4.79 Å². The van der Waals surface area contributed by atoms with E-state index in [1.165, 1.54) is 31.4 Å². The lowest BCUT2D eigenvalue weighted by Gasteiger charge is -2.30. The lowest BCUT2D eigenvalue weighted by molar-refractivity contribution is -0.123. The number of carbonyl (C=O) groups is 1. The van der Waals surface area contributed by atoms with Crippen LogP contribution in [0.1, 0.15) is 46.5 Å². The lowest BCUT2D eigenvalue weighted by atomic mass is 9.95. The van der Waals surface area contributed by atoms with Crippen LogP contribution in [0.4, 0.5) is 0 Å². The Kier molecular flexibility index (Phi) is 9.36. The van der Waals surface area contributed by atoms with Gasteiger partial charge in [-0.2, -0.15) is 11.8 Å². The fraction of sp³-hybridized carbons (Fsp3) is 0.875. The Morgan fingerprint density at radius 3 is 2.64 bits per heavy atom. The highest BCUT2D eigenvalue weighted by atomic mass is 32.2. The minimum atomic E-state index is 0.0349. The predicted octanol–water partition coefficient (Wildman–Crippen LogP) is 1.99. The van der Waals surface area contributed by atoms with Crippen molar-refractivity contribution in [1.29, 1.82) is 0 Å². The molecule has 0 aromatic rings. The molecule has 1 aliphatic rings. The minimum Gasteiger partial charge on any atom is -0.355 e. The monoisotopic (exact) mass is 328 g/mol. The van der Waals surface area contributed by atoms with E-state index < -0.39 is 0 Å². The molecule has 128 valence electrons. The summed E-state index contributed by atoms with van der Waals surface area (Å²) in [4.78, 5) is 15.8. The molecule has 1 aliphatic carbocycles.